The van der Waals surface area contributed by atoms with Crippen LogP contribution in [0, 0.1) is 0 Å². The summed E-state index contributed by atoms with van der Waals surface area (Å²) in [7, 11) is 0. The molecule has 21 heavy (non-hydrogen) atoms. The maximum atomic E-state index is 5.95. The summed E-state index contributed by atoms with van der Waals surface area (Å²) in [6, 6.07) is 2.47. The SMILES string of the molecule is CC(CN1CCCCC1)n1c(CCCl)nc2cnccc21. The van der Waals surface area contributed by atoms with Crippen LogP contribution in [0.4, 0.5) is 0 Å². The summed E-state index contributed by atoms with van der Waals surface area (Å²) >= 11 is 5.95. The molecule has 0 spiro atoms. The number of alkyl halides is 1. The standard InChI is InChI=1S/C16H23ClN4/c1-13(12-20-9-3-2-4-10-20)21-15-6-8-18-11-14(15)19-16(21)5-7-17/h6,8,11,13H,2-5,7,9-10,12H2,1H3. The van der Waals surface area contributed by atoms with Gasteiger partial charge in [0.2, 0.25) is 0 Å². The number of hydrogen-bond donors (Lipinski definition) is 0. The van der Waals surface area contributed by atoms with Gasteiger partial charge in [0.05, 0.1) is 11.7 Å². The molecule has 0 radical (unpaired) electrons. The van der Waals surface area contributed by atoms with Gasteiger partial charge in [0.25, 0.3) is 0 Å². The number of piperidine rings is 1. The van der Waals surface area contributed by atoms with Gasteiger partial charge < -0.3 is 9.47 Å². The molecule has 0 aliphatic carbocycles. The van der Waals surface area contributed by atoms with Gasteiger partial charge in [-0.2, -0.15) is 0 Å². The first-order valence-corrected chi connectivity index (χ1v) is 8.42. The lowest BCUT2D eigenvalue weighted by Crippen LogP contribution is -2.34. The van der Waals surface area contributed by atoms with Gasteiger partial charge in [-0.05, 0) is 38.9 Å². The van der Waals surface area contributed by atoms with E-state index in [2.05, 4.69) is 27.4 Å². The highest BCUT2D eigenvalue weighted by Crippen LogP contribution is 2.23. The highest BCUT2D eigenvalue weighted by atomic mass is 35.5. The van der Waals surface area contributed by atoms with Crippen molar-refractivity contribution in [3.63, 3.8) is 0 Å². The van der Waals surface area contributed by atoms with Gasteiger partial charge in [0.15, 0.2) is 0 Å². The Labute approximate surface area is 131 Å². The van der Waals surface area contributed by atoms with Gasteiger partial charge >= 0.3 is 0 Å². The van der Waals surface area contributed by atoms with Crippen LogP contribution in [0.1, 0.15) is 38.1 Å². The van der Waals surface area contributed by atoms with Gasteiger partial charge in [0.1, 0.15) is 11.3 Å². The topological polar surface area (TPSA) is 34.0 Å². The van der Waals surface area contributed by atoms with Crippen molar-refractivity contribution in [1.29, 1.82) is 0 Å². The van der Waals surface area contributed by atoms with E-state index in [-0.39, 0.29) is 0 Å². The molecule has 1 atom stereocenters. The van der Waals surface area contributed by atoms with Crippen molar-refractivity contribution >= 4 is 22.6 Å². The fourth-order valence-electron chi connectivity index (χ4n) is 3.35. The molecule has 3 heterocycles. The maximum Gasteiger partial charge on any atom is 0.111 e. The molecule has 1 fully saturated rings. The third-order valence-electron chi connectivity index (χ3n) is 4.29. The van der Waals surface area contributed by atoms with Crippen molar-refractivity contribution in [3.8, 4) is 0 Å². The number of pyridine rings is 1. The van der Waals surface area contributed by atoms with E-state index in [0.29, 0.717) is 11.9 Å². The highest BCUT2D eigenvalue weighted by Gasteiger charge is 2.19. The normalized spacial score (nSPS) is 18.2. The average molecular weight is 307 g/mol. The Hall–Kier alpha value is -1.13. The minimum atomic E-state index is 0.411. The molecule has 2 aromatic heterocycles. The molecule has 1 aliphatic heterocycles. The van der Waals surface area contributed by atoms with Crippen LogP contribution in [0.25, 0.3) is 11.0 Å². The first-order valence-electron chi connectivity index (χ1n) is 7.88. The summed E-state index contributed by atoms with van der Waals surface area (Å²) in [5.41, 5.74) is 2.15. The molecule has 1 aliphatic rings. The zero-order chi connectivity index (χ0) is 14.7. The van der Waals surface area contributed by atoms with E-state index in [4.69, 9.17) is 16.6 Å². The number of likely N-dealkylation sites (tertiary alicyclic amines) is 1. The second-order valence-electron chi connectivity index (χ2n) is 5.91. The number of nitrogens with zero attached hydrogens (tertiary/aromatic N) is 4. The Balaban J connectivity index is 1.87. The van der Waals surface area contributed by atoms with Crippen molar-refractivity contribution < 1.29 is 0 Å². The first-order chi connectivity index (χ1) is 10.3. The van der Waals surface area contributed by atoms with Crippen LogP contribution in [0.5, 0.6) is 0 Å². The van der Waals surface area contributed by atoms with Crippen LogP contribution in [0.3, 0.4) is 0 Å². The molecule has 1 saturated heterocycles. The van der Waals surface area contributed by atoms with Crippen LogP contribution in [0.15, 0.2) is 18.5 Å². The molecule has 0 N–H and O–H groups in total. The molecule has 3 rings (SSSR count). The molecule has 2 aromatic rings. The quantitative estimate of drug-likeness (QED) is 0.795. The zero-order valence-electron chi connectivity index (χ0n) is 12.6. The predicted molar refractivity (Wildman–Crippen MR) is 87.0 cm³/mol. The lowest BCUT2D eigenvalue weighted by molar-refractivity contribution is 0.202. The highest BCUT2D eigenvalue weighted by molar-refractivity contribution is 6.17. The van der Waals surface area contributed by atoms with E-state index in [0.717, 1.165) is 24.3 Å². The molecule has 5 heteroatoms. The fraction of sp³-hybridized carbons (Fsp3) is 0.625. The third-order valence-corrected chi connectivity index (χ3v) is 4.48. The molecule has 0 amide bonds. The number of halogens is 1. The number of aromatic nitrogens is 3. The molecule has 0 aromatic carbocycles. The first kappa shape index (κ1) is 14.8. The number of fused-ring (bicyclic) bond motifs is 1. The second-order valence-corrected chi connectivity index (χ2v) is 6.29. The van der Waals surface area contributed by atoms with Gasteiger partial charge in [-0.3, -0.25) is 4.98 Å². The lowest BCUT2D eigenvalue weighted by atomic mass is 10.1. The van der Waals surface area contributed by atoms with Crippen molar-refractivity contribution in [2.75, 3.05) is 25.5 Å². The fourth-order valence-corrected chi connectivity index (χ4v) is 3.52. The van der Waals surface area contributed by atoms with Crippen LogP contribution >= 0.6 is 11.6 Å². The molecule has 114 valence electrons. The van der Waals surface area contributed by atoms with E-state index in [9.17, 15) is 0 Å². The summed E-state index contributed by atoms with van der Waals surface area (Å²) in [5, 5.41) is 0. The van der Waals surface area contributed by atoms with Crippen molar-refractivity contribution in [2.24, 2.45) is 0 Å². The van der Waals surface area contributed by atoms with E-state index < -0.39 is 0 Å². The summed E-state index contributed by atoms with van der Waals surface area (Å²) in [6.45, 7) is 5.82. The molecular weight excluding hydrogens is 284 g/mol. The molecule has 0 bridgehead atoms. The Kier molecular flexibility index (Phi) is 4.76. The van der Waals surface area contributed by atoms with Crippen molar-refractivity contribution in [3.05, 3.63) is 24.3 Å². The maximum absolute atomic E-state index is 5.95. The Bertz CT molecular complexity index is 589. The predicted octanol–water partition coefficient (Wildman–Crippen LogP) is 3.26. The number of imidazole rings is 1. The lowest BCUT2D eigenvalue weighted by Gasteiger charge is -2.30. The van der Waals surface area contributed by atoms with E-state index >= 15 is 0 Å². The summed E-state index contributed by atoms with van der Waals surface area (Å²) in [6.07, 6.45) is 8.53. The smallest absolute Gasteiger partial charge is 0.111 e. The van der Waals surface area contributed by atoms with Crippen LogP contribution in [0.2, 0.25) is 0 Å². The zero-order valence-corrected chi connectivity index (χ0v) is 13.4. The van der Waals surface area contributed by atoms with Crippen molar-refractivity contribution in [2.45, 2.75) is 38.6 Å². The van der Waals surface area contributed by atoms with Gasteiger partial charge in [0, 0.05) is 31.1 Å². The average Bonchev–Trinajstić information content (AvgIpc) is 2.86. The minimum Gasteiger partial charge on any atom is -0.324 e. The van der Waals surface area contributed by atoms with E-state index in [1.165, 1.54) is 37.9 Å². The van der Waals surface area contributed by atoms with E-state index in [1.54, 1.807) is 0 Å². The molecular formula is C16H23ClN4. The number of rotatable bonds is 5. The number of aryl methyl sites for hydroxylation is 1. The summed E-state index contributed by atoms with van der Waals surface area (Å²) in [5.74, 6) is 1.69. The molecule has 0 saturated carbocycles. The van der Waals surface area contributed by atoms with Gasteiger partial charge in [-0.1, -0.05) is 6.42 Å². The van der Waals surface area contributed by atoms with E-state index in [1.807, 2.05) is 12.4 Å². The molecule has 1 unspecified atom stereocenters. The molecule has 4 nitrogen and oxygen atoms in total. The van der Waals surface area contributed by atoms with Crippen LogP contribution in [-0.4, -0.2) is 44.9 Å². The summed E-state index contributed by atoms with van der Waals surface area (Å²) < 4.78 is 2.36. The second kappa shape index (κ2) is 6.75. The van der Waals surface area contributed by atoms with Crippen LogP contribution in [-0.2, 0) is 6.42 Å². The summed E-state index contributed by atoms with van der Waals surface area (Å²) in [4.78, 5) is 11.5. The Morgan fingerprint density at radius 3 is 2.86 bits per heavy atom. The van der Waals surface area contributed by atoms with Gasteiger partial charge in [-0.15, -0.1) is 11.6 Å². The third kappa shape index (κ3) is 3.22. The Morgan fingerprint density at radius 2 is 2.10 bits per heavy atom. The number of hydrogen-bond acceptors (Lipinski definition) is 3. The largest absolute Gasteiger partial charge is 0.324 e. The van der Waals surface area contributed by atoms with Crippen molar-refractivity contribution in [1.82, 2.24) is 19.4 Å². The monoisotopic (exact) mass is 306 g/mol. The Morgan fingerprint density at radius 1 is 1.29 bits per heavy atom. The van der Waals surface area contributed by atoms with Gasteiger partial charge in [-0.25, -0.2) is 4.98 Å². The van der Waals surface area contributed by atoms with Crippen LogP contribution < -0.4 is 0 Å². The minimum absolute atomic E-state index is 0.411.